The molecule has 2 aromatic rings. The molecule has 5 heteroatoms. The average Bonchev–Trinajstić information content (AvgIpc) is 2.94. The minimum absolute atomic E-state index is 0.131. The fraction of sp³-hybridized carbons (Fsp3) is 0.333. The minimum Gasteiger partial charge on any atom is -0.489 e. The molecule has 4 nitrogen and oxygen atoms in total. The van der Waals surface area contributed by atoms with Crippen LogP contribution in [0, 0.1) is 23.1 Å². The van der Waals surface area contributed by atoms with Gasteiger partial charge in [-0.2, -0.15) is 10.4 Å². The van der Waals surface area contributed by atoms with E-state index in [1.807, 2.05) is 0 Å². The van der Waals surface area contributed by atoms with Gasteiger partial charge >= 0.3 is 0 Å². The molecule has 0 aliphatic heterocycles. The molecule has 0 N–H and O–H groups in total. The molecule has 0 spiro atoms. The van der Waals surface area contributed by atoms with Crippen molar-refractivity contribution < 1.29 is 9.13 Å². The van der Waals surface area contributed by atoms with Crippen LogP contribution in [0.5, 0.6) is 5.75 Å². The highest BCUT2D eigenvalue weighted by Crippen LogP contribution is 2.38. The van der Waals surface area contributed by atoms with E-state index in [9.17, 15) is 9.65 Å². The van der Waals surface area contributed by atoms with Gasteiger partial charge in [0, 0.05) is 13.2 Å². The maximum atomic E-state index is 14.1. The highest BCUT2D eigenvalue weighted by molar-refractivity contribution is 5.72. The Labute approximate surface area is 116 Å². The van der Waals surface area contributed by atoms with Crippen LogP contribution in [0.4, 0.5) is 4.39 Å². The molecule has 1 saturated carbocycles. The summed E-state index contributed by atoms with van der Waals surface area (Å²) in [5.74, 6) is 0.493. The van der Waals surface area contributed by atoms with Crippen molar-refractivity contribution in [2.75, 3.05) is 0 Å². The second-order valence-electron chi connectivity index (χ2n) is 5.12. The van der Waals surface area contributed by atoms with Crippen LogP contribution < -0.4 is 4.74 Å². The third-order valence-electron chi connectivity index (χ3n) is 3.62. The van der Waals surface area contributed by atoms with Crippen LogP contribution in [0.1, 0.15) is 18.9 Å². The van der Waals surface area contributed by atoms with Gasteiger partial charge in [-0.1, -0.05) is 6.92 Å². The normalized spacial score (nSPS) is 20.5. The van der Waals surface area contributed by atoms with Gasteiger partial charge in [-0.3, -0.25) is 4.68 Å². The first-order chi connectivity index (χ1) is 9.61. The van der Waals surface area contributed by atoms with Gasteiger partial charge in [0.15, 0.2) is 0 Å². The topological polar surface area (TPSA) is 50.8 Å². The summed E-state index contributed by atoms with van der Waals surface area (Å²) in [7, 11) is 1.71. The molecule has 102 valence electrons. The third-order valence-corrected chi connectivity index (χ3v) is 3.62. The van der Waals surface area contributed by atoms with Crippen molar-refractivity contribution in [2.45, 2.75) is 19.4 Å². The quantitative estimate of drug-likeness (QED) is 0.862. The number of nitrogens with zero attached hydrogens (tertiary/aromatic N) is 3. The molecule has 0 unspecified atom stereocenters. The summed E-state index contributed by atoms with van der Waals surface area (Å²) >= 11 is 0. The molecule has 20 heavy (non-hydrogen) atoms. The highest BCUT2D eigenvalue weighted by atomic mass is 19.1. The summed E-state index contributed by atoms with van der Waals surface area (Å²) in [5, 5.41) is 13.4. The molecular weight excluding hydrogens is 257 g/mol. The van der Waals surface area contributed by atoms with Gasteiger partial charge in [0.05, 0.1) is 11.3 Å². The van der Waals surface area contributed by atoms with Crippen molar-refractivity contribution in [1.29, 1.82) is 5.26 Å². The number of benzene rings is 1. The van der Waals surface area contributed by atoms with Crippen molar-refractivity contribution in [3.8, 4) is 23.1 Å². The van der Waals surface area contributed by atoms with E-state index in [-0.39, 0.29) is 17.2 Å². The number of ether oxygens (including phenoxy) is 1. The molecular formula is C15H14FN3O. The molecule has 1 heterocycles. The van der Waals surface area contributed by atoms with Crippen molar-refractivity contribution in [3.05, 3.63) is 35.8 Å². The lowest BCUT2D eigenvalue weighted by atomic mass is 10.0. The van der Waals surface area contributed by atoms with Crippen LogP contribution in [0.15, 0.2) is 24.4 Å². The number of hydrogen-bond donors (Lipinski definition) is 0. The lowest BCUT2D eigenvalue weighted by Crippen LogP contribution is -2.04. The molecule has 0 radical (unpaired) electrons. The smallest absolute Gasteiger partial charge is 0.138 e. The summed E-state index contributed by atoms with van der Waals surface area (Å²) in [6.07, 6.45) is 2.68. The zero-order valence-corrected chi connectivity index (χ0v) is 11.3. The summed E-state index contributed by atoms with van der Waals surface area (Å²) in [6.45, 7) is 2.09. The van der Waals surface area contributed by atoms with Gasteiger partial charge in [-0.05, 0) is 30.5 Å². The van der Waals surface area contributed by atoms with Crippen LogP contribution in [-0.4, -0.2) is 15.9 Å². The van der Waals surface area contributed by atoms with E-state index in [0.717, 1.165) is 6.42 Å². The molecule has 1 aromatic heterocycles. The fourth-order valence-electron chi connectivity index (χ4n) is 2.25. The Kier molecular flexibility index (Phi) is 2.94. The minimum atomic E-state index is -0.443. The second-order valence-corrected chi connectivity index (χ2v) is 5.12. The summed E-state index contributed by atoms with van der Waals surface area (Å²) < 4.78 is 21.5. The van der Waals surface area contributed by atoms with Crippen LogP contribution in [-0.2, 0) is 7.05 Å². The molecule has 0 amide bonds. The van der Waals surface area contributed by atoms with Crippen molar-refractivity contribution >= 4 is 0 Å². The number of halogens is 1. The van der Waals surface area contributed by atoms with E-state index >= 15 is 0 Å². The molecule has 2 atom stereocenters. The predicted octanol–water partition coefficient (Wildman–Crippen LogP) is 2.89. The van der Waals surface area contributed by atoms with Crippen LogP contribution in [0.25, 0.3) is 11.3 Å². The summed E-state index contributed by atoms with van der Waals surface area (Å²) in [5.41, 5.74) is 1.04. The van der Waals surface area contributed by atoms with E-state index in [1.54, 1.807) is 24.0 Å². The first kappa shape index (κ1) is 12.7. The second kappa shape index (κ2) is 4.64. The Hall–Kier alpha value is -2.35. The number of nitriles is 1. The largest absolute Gasteiger partial charge is 0.489 e. The standard InChI is InChI=1S/C15H14FN3O/c1-9-7-14(9)20-13-4-3-11(16)15(10(13)8-17)12-5-6-18-19(12)2/h3-6,9,14H,7H2,1-2H3/t9-,14-/m0/s1. The first-order valence-electron chi connectivity index (χ1n) is 6.49. The Morgan fingerprint density at radius 1 is 1.45 bits per heavy atom. The molecule has 1 aliphatic rings. The summed E-state index contributed by atoms with van der Waals surface area (Å²) in [6, 6.07) is 6.61. The van der Waals surface area contributed by atoms with E-state index in [4.69, 9.17) is 4.74 Å². The number of hydrogen-bond acceptors (Lipinski definition) is 3. The maximum absolute atomic E-state index is 14.1. The van der Waals surface area contributed by atoms with Crippen molar-refractivity contribution in [1.82, 2.24) is 9.78 Å². The van der Waals surface area contributed by atoms with Crippen LogP contribution >= 0.6 is 0 Å². The van der Waals surface area contributed by atoms with Crippen molar-refractivity contribution in [3.63, 3.8) is 0 Å². The zero-order valence-electron chi connectivity index (χ0n) is 11.3. The van der Waals surface area contributed by atoms with Gasteiger partial charge in [-0.25, -0.2) is 4.39 Å². The number of aryl methyl sites for hydroxylation is 1. The third kappa shape index (κ3) is 2.03. The van der Waals surface area contributed by atoms with Crippen LogP contribution in [0.2, 0.25) is 0 Å². The van der Waals surface area contributed by atoms with Crippen LogP contribution in [0.3, 0.4) is 0 Å². The Bertz CT molecular complexity index is 702. The summed E-state index contributed by atoms with van der Waals surface area (Å²) in [4.78, 5) is 0. The highest BCUT2D eigenvalue weighted by Gasteiger charge is 2.36. The van der Waals surface area contributed by atoms with Crippen molar-refractivity contribution in [2.24, 2.45) is 13.0 Å². The molecule has 3 rings (SSSR count). The van der Waals surface area contributed by atoms with E-state index in [0.29, 0.717) is 17.4 Å². The van der Waals surface area contributed by atoms with E-state index in [1.165, 1.54) is 12.1 Å². The first-order valence-corrected chi connectivity index (χ1v) is 6.49. The molecule has 0 saturated heterocycles. The monoisotopic (exact) mass is 271 g/mol. The van der Waals surface area contributed by atoms with Gasteiger partial charge < -0.3 is 4.74 Å². The molecule has 1 aliphatic carbocycles. The van der Waals surface area contributed by atoms with Gasteiger partial charge in [0.25, 0.3) is 0 Å². The Balaban J connectivity index is 2.11. The predicted molar refractivity (Wildman–Crippen MR) is 71.5 cm³/mol. The van der Waals surface area contributed by atoms with Gasteiger partial charge in [0.2, 0.25) is 0 Å². The Morgan fingerprint density at radius 3 is 2.75 bits per heavy atom. The van der Waals surface area contributed by atoms with E-state index < -0.39 is 5.82 Å². The number of aromatic nitrogens is 2. The van der Waals surface area contributed by atoms with E-state index in [2.05, 4.69) is 18.1 Å². The van der Waals surface area contributed by atoms with Gasteiger partial charge in [-0.15, -0.1) is 0 Å². The lowest BCUT2D eigenvalue weighted by molar-refractivity contribution is 0.287. The molecule has 0 bridgehead atoms. The fourth-order valence-corrected chi connectivity index (χ4v) is 2.25. The maximum Gasteiger partial charge on any atom is 0.138 e. The SMILES string of the molecule is C[C@H]1C[C@@H]1Oc1ccc(F)c(-c2ccnn2C)c1C#N. The average molecular weight is 271 g/mol. The van der Waals surface area contributed by atoms with Gasteiger partial charge in [0.1, 0.15) is 29.3 Å². The lowest BCUT2D eigenvalue weighted by Gasteiger charge is -2.12. The molecule has 1 aromatic carbocycles. The molecule has 1 fully saturated rings. The number of rotatable bonds is 3. The Morgan fingerprint density at radius 2 is 2.20 bits per heavy atom. The zero-order chi connectivity index (χ0) is 14.3.